The number of aryl methyl sites for hydroxylation is 1. The first kappa shape index (κ1) is 20.6. The highest BCUT2D eigenvalue weighted by Crippen LogP contribution is 2.35. The van der Waals surface area contributed by atoms with Gasteiger partial charge >= 0.3 is 0 Å². The van der Waals surface area contributed by atoms with Crippen molar-refractivity contribution in [2.24, 2.45) is 0 Å². The Morgan fingerprint density at radius 2 is 1.77 bits per heavy atom. The summed E-state index contributed by atoms with van der Waals surface area (Å²) < 4.78 is 23.9. The Morgan fingerprint density at radius 1 is 1.10 bits per heavy atom. The first-order valence-corrected chi connectivity index (χ1v) is 11.4. The van der Waals surface area contributed by atoms with E-state index in [0.717, 1.165) is 18.4 Å². The standard InChI is InChI=1S/C22H25N3O4S/c1-15-21(19-5-3-4-6-20(19)23-15)16-11-13-25(14-12-16)22(26)17-7-9-18(10-8-17)30(27,28)24-29-2/h3-10,16,23-24H,11-14H2,1-2H3. The Morgan fingerprint density at radius 3 is 2.43 bits per heavy atom. The molecule has 0 unspecified atom stereocenters. The van der Waals surface area contributed by atoms with Gasteiger partial charge in [-0.3, -0.25) is 9.63 Å². The maximum Gasteiger partial charge on any atom is 0.262 e. The van der Waals surface area contributed by atoms with Crippen molar-refractivity contribution < 1.29 is 18.0 Å². The molecule has 1 aromatic heterocycles. The molecule has 0 aliphatic carbocycles. The van der Waals surface area contributed by atoms with E-state index >= 15 is 0 Å². The number of hydrogen-bond donors (Lipinski definition) is 2. The third kappa shape index (κ3) is 3.86. The van der Waals surface area contributed by atoms with E-state index in [2.05, 4.69) is 34.9 Å². The van der Waals surface area contributed by atoms with Crippen molar-refractivity contribution in [2.75, 3.05) is 20.2 Å². The van der Waals surface area contributed by atoms with E-state index in [0.29, 0.717) is 24.6 Å². The van der Waals surface area contributed by atoms with Crippen molar-refractivity contribution in [1.82, 2.24) is 14.8 Å². The maximum atomic E-state index is 12.9. The molecule has 0 saturated carbocycles. The van der Waals surface area contributed by atoms with Crippen LogP contribution < -0.4 is 4.89 Å². The molecule has 3 aromatic rings. The normalized spacial score (nSPS) is 15.6. The zero-order valence-electron chi connectivity index (χ0n) is 17.0. The second-order valence-corrected chi connectivity index (χ2v) is 9.24. The second kappa shape index (κ2) is 8.22. The van der Waals surface area contributed by atoms with Crippen LogP contribution in [0.15, 0.2) is 53.4 Å². The van der Waals surface area contributed by atoms with E-state index < -0.39 is 10.0 Å². The monoisotopic (exact) mass is 427 g/mol. The van der Waals surface area contributed by atoms with Crippen LogP contribution in [-0.4, -0.2) is 44.4 Å². The molecule has 8 heteroatoms. The first-order chi connectivity index (χ1) is 14.4. The Kier molecular flexibility index (Phi) is 5.64. The van der Waals surface area contributed by atoms with Crippen LogP contribution in [-0.2, 0) is 14.9 Å². The molecule has 1 fully saturated rings. The summed E-state index contributed by atoms with van der Waals surface area (Å²) in [4.78, 5) is 24.7. The Bertz CT molecular complexity index is 1160. The van der Waals surface area contributed by atoms with E-state index in [4.69, 9.17) is 0 Å². The van der Waals surface area contributed by atoms with Gasteiger partial charge in [-0.25, -0.2) is 8.42 Å². The minimum absolute atomic E-state index is 0.0504. The summed E-state index contributed by atoms with van der Waals surface area (Å²) in [5, 5.41) is 1.27. The number of nitrogens with one attached hydrogen (secondary N) is 2. The Labute approximate surface area is 176 Å². The van der Waals surface area contributed by atoms with Gasteiger partial charge in [0.1, 0.15) is 0 Å². The highest BCUT2D eigenvalue weighted by atomic mass is 32.2. The summed E-state index contributed by atoms with van der Waals surface area (Å²) in [6, 6.07) is 14.3. The molecule has 158 valence electrons. The van der Waals surface area contributed by atoms with Gasteiger partial charge in [-0.15, -0.1) is 0 Å². The van der Waals surface area contributed by atoms with Gasteiger partial charge in [0.15, 0.2) is 0 Å². The number of carbonyl (C=O) groups is 1. The lowest BCUT2D eigenvalue weighted by Gasteiger charge is -2.32. The number of amides is 1. The molecule has 0 bridgehead atoms. The first-order valence-electron chi connectivity index (χ1n) is 9.92. The fourth-order valence-corrected chi connectivity index (χ4v) is 5.12. The third-order valence-corrected chi connectivity index (χ3v) is 7.02. The SMILES string of the molecule is CONS(=O)(=O)c1ccc(C(=O)N2CCC(c3c(C)[nH]c4ccccc34)CC2)cc1. The number of likely N-dealkylation sites (tertiary alicyclic amines) is 1. The minimum Gasteiger partial charge on any atom is -0.358 e. The fourth-order valence-electron chi connectivity index (χ4n) is 4.31. The molecule has 2 aromatic carbocycles. The second-order valence-electron chi connectivity index (χ2n) is 7.59. The molecule has 7 nitrogen and oxygen atoms in total. The van der Waals surface area contributed by atoms with Crippen molar-refractivity contribution in [3.8, 4) is 0 Å². The van der Waals surface area contributed by atoms with Crippen molar-refractivity contribution in [3.05, 3.63) is 65.4 Å². The van der Waals surface area contributed by atoms with Gasteiger partial charge in [-0.05, 0) is 61.6 Å². The van der Waals surface area contributed by atoms with Gasteiger partial charge in [-0.2, -0.15) is 0 Å². The lowest BCUT2D eigenvalue weighted by Crippen LogP contribution is -2.38. The highest BCUT2D eigenvalue weighted by molar-refractivity contribution is 7.89. The zero-order chi connectivity index (χ0) is 21.3. The smallest absolute Gasteiger partial charge is 0.262 e. The van der Waals surface area contributed by atoms with Crippen molar-refractivity contribution in [2.45, 2.75) is 30.6 Å². The van der Waals surface area contributed by atoms with Crippen LogP contribution >= 0.6 is 0 Å². The average molecular weight is 428 g/mol. The van der Waals surface area contributed by atoms with E-state index in [1.165, 1.54) is 35.9 Å². The molecule has 0 spiro atoms. The number of piperidine rings is 1. The van der Waals surface area contributed by atoms with Crippen molar-refractivity contribution in [3.63, 3.8) is 0 Å². The molecule has 2 N–H and O–H groups in total. The molecule has 30 heavy (non-hydrogen) atoms. The molecule has 0 atom stereocenters. The average Bonchev–Trinajstić information content (AvgIpc) is 3.09. The van der Waals surface area contributed by atoms with Gasteiger partial charge in [0, 0.05) is 35.2 Å². The van der Waals surface area contributed by atoms with Gasteiger partial charge < -0.3 is 9.88 Å². The number of nitrogens with zero attached hydrogens (tertiary/aromatic N) is 1. The molecule has 0 radical (unpaired) electrons. The number of rotatable bonds is 5. The third-order valence-electron chi connectivity index (χ3n) is 5.74. The predicted molar refractivity (Wildman–Crippen MR) is 115 cm³/mol. The zero-order valence-corrected chi connectivity index (χ0v) is 17.8. The van der Waals surface area contributed by atoms with Crippen LogP contribution in [0.25, 0.3) is 10.9 Å². The summed E-state index contributed by atoms with van der Waals surface area (Å²) in [7, 11) is -2.50. The summed E-state index contributed by atoms with van der Waals surface area (Å²) in [6.07, 6.45) is 1.80. The molecule has 4 rings (SSSR count). The lowest BCUT2D eigenvalue weighted by atomic mass is 9.87. The summed E-state index contributed by atoms with van der Waals surface area (Å²) >= 11 is 0. The minimum atomic E-state index is -3.73. The summed E-state index contributed by atoms with van der Waals surface area (Å²) in [6.45, 7) is 3.46. The van der Waals surface area contributed by atoms with Gasteiger partial charge in [0.05, 0.1) is 12.0 Å². The molecule has 1 aliphatic rings. The predicted octanol–water partition coefficient (Wildman–Crippen LogP) is 3.34. The number of para-hydroxylation sites is 1. The number of carbonyl (C=O) groups excluding carboxylic acids is 1. The van der Waals surface area contributed by atoms with Gasteiger partial charge in [0.25, 0.3) is 15.9 Å². The lowest BCUT2D eigenvalue weighted by molar-refractivity contribution is 0.0713. The Balaban J connectivity index is 1.45. The van der Waals surface area contributed by atoms with E-state index in [1.54, 1.807) is 12.1 Å². The largest absolute Gasteiger partial charge is 0.358 e. The summed E-state index contributed by atoms with van der Waals surface area (Å²) in [5.74, 6) is 0.339. The maximum absolute atomic E-state index is 12.9. The van der Waals surface area contributed by atoms with Crippen LogP contribution in [0.1, 0.15) is 40.4 Å². The molecule has 2 heterocycles. The molecule has 1 aliphatic heterocycles. The highest BCUT2D eigenvalue weighted by Gasteiger charge is 2.27. The number of sulfonamides is 1. The molecule has 1 saturated heterocycles. The van der Waals surface area contributed by atoms with Crippen LogP contribution in [0.4, 0.5) is 0 Å². The van der Waals surface area contributed by atoms with E-state index in [9.17, 15) is 13.2 Å². The number of hydrogen-bond acceptors (Lipinski definition) is 4. The number of aromatic amines is 1. The quantitative estimate of drug-likeness (QED) is 0.611. The fraction of sp³-hybridized carbons (Fsp3) is 0.318. The molecular formula is C22H25N3O4S. The van der Waals surface area contributed by atoms with Crippen LogP contribution in [0, 0.1) is 6.92 Å². The number of H-pyrrole nitrogens is 1. The van der Waals surface area contributed by atoms with Gasteiger partial charge in [-0.1, -0.05) is 23.1 Å². The van der Waals surface area contributed by atoms with Crippen LogP contribution in [0.3, 0.4) is 0 Å². The molecule has 1 amide bonds. The molecular weight excluding hydrogens is 402 g/mol. The van der Waals surface area contributed by atoms with Crippen molar-refractivity contribution >= 4 is 26.8 Å². The van der Waals surface area contributed by atoms with Crippen LogP contribution in [0.5, 0.6) is 0 Å². The topological polar surface area (TPSA) is 91.5 Å². The number of benzene rings is 2. The Hall–Kier alpha value is -2.68. The summed E-state index contributed by atoms with van der Waals surface area (Å²) in [5.41, 5.74) is 4.19. The van der Waals surface area contributed by atoms with Gasteiger partial charge in [0.2, 0.25) is 0 Å². The number of fused-ring (bicyclic) bond motifs is 1. The van der Waals surface area contributed by atoms with Crippen molar-refractivity contribution in [1.29, 1.82) is 0 Å². The van der Waals surface area contributed by atoms with Crippen LogP contribution in [0.2, 0.25) is 0 Å². The van der Waals surface area contributed by atoms with E-state index in [-0.39, 0.29) is 10.8 Å². The number of aromatic nitrogens is 1. The van der Waals surface area contributed by atoms with E-state index in [1.807, 2.05) is 15.9 Å².